The number of carbonyl (C=O) groups excluding carboxylic acids is 1. The van der Waals surface area contributed by atoms with E-state index < -0.39 is 5.60 Å². The molecule has 27 heavy (non-hydrogen) atoms. The molecule has 1 aromatic heterocycles. The van der Waals surface area contributed by atoms with Gasteiger partial charge in [-0.3, -0.25) is 0 Å². The third-order valence-electron chi connectivity index (χ3n) is 4.78. The van der Waals surface area contributed by atoms with Gasteiger partial charge in [0.25, 0.3) is 0 Å². The minimum Gasteiger partial charge on any atom is -0.444 e. The van der Waals surface area contributed by atoms with Crippen LogP contribution in [-0.4, -0.2) is 23.2 Å². The molecule has 5 nitrogen and oxygen atoms in total. The Morgan fingerprint density at radius 2 is 2.00 bits per heavy atom. The SMILES string of the molecule is CC(C)(C)OC(=O)NC1CCN(c2ccc3[nH]ccc3c2)c2ccccc21. The number of hydrogen-bond donors (Lipinski definition) is 2. The van der Waals surface area contributed by atoms with Gasteiger partial charge in [0.1, 0.15) is 5.60 Å². The molecule has 5 heteroatoms. The Kier molecular flexibility index (Phi) is 4.30. The quantitative estimate of drug-likeness (QED) is 0.652. The van der Waals surface area contributed by atoms with Crippen LogP contribution in [0.5, 0.6) is 0 Å². The van der Waals surface area contributed by atoms with Gasteiger partial charge in [-0.1, -0.05) is 18.2 Å². The Morgan fingerprint density at radius 3 is 2.81 bits per heavy atom. The van der Waals surface area contributed by atoms with Crippen molar-refractivity contribution in [3.05, 3.63) is 60.3 Å². The van der Waals surface area contributed by atoms with Crippen LogP contribution in [0.4, 0.5) is 16.2 Å². The lowest BCUT2D eigenvalue weighted by Gasteiger charge is -2.36. The molecule has 0 fully saturated rings. The molecule has 1 atom stereocenters. The second-order valence-electron chi connectivity index (χ2n) is 7.95. The van der Waals surface area contributed by atoms with E-state index in [9.17, 15) is 4.79 Å². The predicted octanol–water partition coefficient (Wildman–Crippen LogP) is 5.28. The zero-order chi connectivity index (χ0) is 19.0. The number of anilines is 2. The molecule has 0 spiro atoms. The summed E-state index contributed by atoms with van der Waals surface area (Å²) in [5, 5.41) is 4.23. The van der Waals surface area contributed by atoms with Crippen LogP contribution in [0, 0.1) is 0 Å². The smallest absolute Gasteiger partial charge is 0.408 e. The van der Waals surface area contributed by atoms with Gasteiger partial charge in [0.15, 0.2) is 0 Å². The summed E-state index contributed by atoms with van der Waals surface area (Å²) in [6.07, 6.45) is 2.41. The maximum atomic E-state index is 12.3. The van der Waals surface area contributed by atoms with Gasteiger partial charge in [-0.25, -0.2) is 4.79 Å². The fourth-order valence-electron chi connectivity index (χ4n) is 3.64. The van der Waals surface area contributed by atoms with E-state index in [0.29, 0.717) is 0 Å². The maximum Gasteiger partial charge on any atom is 0.408 e. The molecule has 0 aliphatic carbocycles. The molecule has 4 rings (SSSR count). The maximum absolute atomic E-state index is 12.3. The van der Waals surface area contributed by atoms with Crippen LogP contribution in [0.2, 0.25) is 0 Å². The standard InChI is InChI=1S/C22H25N3O2/c1-22(2,3)27-21(26)24-19-11-13-25(20-7-5-4-6-17(19)20)16-8-9-18-15(14-16)10-12-23-18/h4-10,12,14,19,23H,11,13H2,1-3H3,(H,24,26). The number of carbonyl (C=O) groups is 1. The van der Waals surface area contributed by atoms with Gasteiger partial charge in [0.05, 0.1) is 6.04 Å². The van der Waals surface area contributed by atoms with Gasteiger partial charge in [-0.2, -0.15) is 0 Å². The van der Waals surface area contributed by atoms with E-state index in [-0.39, 0.29) is 12.1 Å². The number of alkyl carbamates (subject to hydrolysis) is 1. The summed E-state index contributed by atoms with van der Waals surface area (Å²) in [6, 6.07) is 16.7. The zero-order valence-corrected chi connectivity index (χ0v) is 16.0. The molecule has 1 amide bonds. The van der Waals surface area contributed by atoms with Crippen molar-refractivity contribution in [2.75, 3.05) is 11.4 Å². The summed E-state index contributed by atoms with van der Waals surface area (Å²) in [6.45, 7) is 6.45. The van der Waals surface area contributed by atoms with E-state index >= 15 is 0 Å². The molecule has 1 unspecified atom stereocenters. The molecule has 1 aliphatic rings. The number of amides is 1. The molecule has 3 aromatic rings. The number of nitrogens with zero attached hydrogens (tertiary/aromatic N) is 1. The highest BCUT2D eigenvalue weighted by molar-refractivity contribution is 5.85. The van der Waals surface area contributed by atoms with E-state index in [1.807, 2.05) is 39.1 Å². The van der Waals surface area contributed by atoms with Crippen molar-refractivity contribution >= 4 is 28.4 Å². The first-order valence-electron chi connectivity index (χ1n) is 9.34. The van der Waals surface area contributed by atoms with Crippen LogP contribution in [0.15, 0.2) is 54.7 Å². The molecule has 2 aromatic carbocycles. The normalized spacial score (nSPS) is 16.9. The number of aromatic nitrogens is 1. The Labute approximate surface area is 159 Å². The van der Waals surface area contributed by atoms with Gasteiger partial charge in [-0.05, 0) is 63.1 Å². The van der Waals surface area contributed by atoms with E-state index in [2.05, 4.69) is 51.6 Å². The fraction of sp³-hybridized carbons (Fsp3) is 0.318. The molecule has 2 heterocycles. The number of para-hydroxylation sites is 1. The van der Waals surface area contributed by atoms with Crippen molar-refractivity contribution in [3.63, 3.8) is 0 Å². The van der Waals surface area contributed by atoms with Crippen LogP contribution in [0.25, 0.3) is 10.9 Å². The minimum atomic E-state index is -0.504. The largest absolute Gasteiger partial charge is 0.444 e. The zero-order valence-electron chi connectivity index (χ0n) is 16.0. The summed E-state index contributed by atoms with van der Waals surface area (Å²) in [5.74, 6) is 0. The van der Waals surface area contributed by atoms with Crippen LogP contribution >= 0.6 is 0 Å². The van der Waals surface area contributed by atoms with Crippen LogP contribution in [0.3, 0.4) is 0 Å². The third kappa shape index (κ3) is 3.63. The average Bonchev–Trinajstić information content (AvgIpc) is 3.08. The molecule has 0 radical (unpaired) electrons. The second kappa shape index (κ2) is 6.65. The number of benzene rings is 2. The second-order valence-corrected chi connectivity index (χ2v) is 7.95. The predicted molar refractivity (Wildman–Crippen MR) is 108 cm³/mol. The summed E-state index contributed by atoms with van der Waals surface area (Å²) in [4.78, 5) is 17.8. The highest BCUT2D eigenvalue weighted by Crippen LogP contribution is 2.39. The molecule has 1 aliphatic heterocycles. The van der Waals surface area contributed by atoms with Crippen molar-refractivity contribution in [1.29, 1.82) is 0 Å². The van der Waals surface area contributed by atoms with Crippen molar-refractivity contribution in [2.24, 2.45) is 0 Å². The number of fused-ring (bicyclic) bond motifs is 2. The molecule has 0 saturated heterocycles. The molecule has 0 bridgehead atoms. The lowest BCUT2D eigenvalue weighted by molar-refractivity contribution is 0.0501. The lowest BCUT2D eigenvalue weighted by Crippen LogP contribution is -2.39. The Bertz CT molecular complexity index is 971. The first-order valence-corrected chi connectivity index (χ1v) is 9.34. The van der Waals surface area contributed by atoms with E-state index in [1.165, 1.54) is 5.39 Å². The van der Waals surface area contributed by atoms with Crippen LogP contribution in [0.1, 0.15) is 38.8 Å². The van der Waals surface area contributed by atoms with Crippen LogP contribution < -0.4 is 10.2 Å². The molecular weight excluding hydrogens is 338 g/mol. The van der Waals surface area contributed by atoms with E-state index in [4.69, 9.17) is 4.74 Å². The van der Waals surface area contributed by atoms with E-state index in [1.54, 1.807) is 0 Å². The Balaban J connectivity index is 1.62. The van der Waals surface area contributed by atoms with Crippen molar-refractivity contribution in [3.8, 4) is 0 Å². The number of H-pyrrole nitrogens is 1. The van der Waals surface area contributed by atoms with Crippen molar-refractivity contribution in [2.45, 2.75) is 38.8 Å². The topological polar surface area (TPSA) is 57.4 Å². The van der Waals surface area contributed by atoms with Crippen LogP contribution in [-0.2, 0) is 4.74 Å². The summed E-state index contributed by atoms with van der Waals surface area (Å²) >= 11 is 0. The van der Waals surface area contributed by atoms with Crippen molar-refractivity contribution in [1.82, 2.24) is 10.3 Å². The number of rotatable bonds is 2. The van der Waals surface area contributed by atoms with Gasteiger partial charge in [0, 0.05) is 35.0 Å². The first kappa shape index (κ1) is 17.5. The highest BCUT2D eigenvalue weighted by atomic mass is 16.6. The summed E-state index contributed by atoms with van der Waals surface area (Å²) in [7, 11) is 0. The minimum absolute atomic E-state index is 0.0525. The number of hydrogen-bond acceptors (Lipinski definition) is 3. The Hall–Kier alpha value is -2.95. The van der Waals surface area contributed by atoms with Crippen molar-refractivity contribution < 1.29 is 9.53 Å². The van der Waals surface area contributed by atoms with Gasteiger partial charge in [0.2, 0.25) is 0 Å². The Morgan fingerprint density at radius 1 is 1.19 bits per heavy atom. The van der Waals surface area contributed by atoms with E-state index in [0.717, 1.165) is 35.4 Å². The summed E-state index contributed by atoms with van der Waals surface area (Å²) in [5.41, 5.74) is 4.03. The monoisotopic (exact) mass is 363 g/mol. The summed E-state index contributed by atoms with van der Waals surface area (Å²) < 4.78 is 5.44. The van der Waals surface area contributed by atoms with Gasteiger partial charge < -0.3 is 19.9 Å². The molecule has 140 valence electrons. The number of ether oxygens (including phenoxy) is 1. The fourth-order valence-corrected chi connectivity index (χ4v) is 3.64. The molecule has 2 N–H and O–H groups in total. The van der Waals surface area contributed by atoms with Gasteiger partial charge in [-0.15, -0.1) is 0 Å². The third-order valence-corrected chi connectivity index (χ3v) is 4.78. The van der Waals surface area contributed by atoms with Gasteiger partial charge >= 0.3 is 6.09 Å². The highest BCUT2D eigenvalue weighted by Gasteiger charge is 2.28. The first-order chi connectivity index (χ1) is 12.9. The number of nitrogens with one attached hydrogen (secondary N) is 2. The molecule has 0 saturated carbocycles. The number of aromatic amines is 1. The average molecular weight is 363 g/mol. The lowest BCUT2D eigenvalue weighted by atomic mass is 9.96. The molecular formula is C22H25N3O2.